The number of hydrogen-bond donors (Lipinski definition) is 1. The van der Waals surface area contributed by atoms with E-state index in [0.29, 0.717) is 18.2 Å². The molecule has 0 aliphatic carbocycles. The lowest BCUT2D eigenvalue weighted by Crippen LogP contribution is -2.14. The van der Waals surface area contributed by atoms with Gasteiger partial charge in [-0.3, -0.25) is 4.98 Å². The molecule has 0 aliphatic heterocycles. The molecule has 1 N–H and O–H groups in total. The zero-order chi connectivity index (χ0) is 15.2. The van der Waals surface area contributed by atoms with Crippen LogP contribution in [0.2, 0.25) is 0 Å². The van der Waals surface area contributed by atoms with Crippen LogP contribution in [0.5, 0.6) is 0 Å². The van der Waals surface area contributed by atoms with Gasteiger partial charge in [0, 0.05) is 24.6 Å². The summed E-state index contributed by atoms with van der Waals surface area (Å²) in [4.78, 5) is 15.7. The number of pyridine rings is 1. The van der Waals surface area contributed by atoms with Crippen LogP contribution in [-0.2, 0) is 11.3 Å². The molecule has 0 radical (unpaired) electrons. The summed E-state index contributed by atoms with van der Waals surface area (Å²) in [5.41, 5.74) is 2.64. The van der Waals surface area contributed by atoms with Crippen molar-refractivity contribution < 1.29 is 9.53 Å². The summed E-state index contributed by atoms with van der Waals surface area (Å²) in [5, 5.41) is 3.29. The Bertz CT molecular complexity index is 586. The highest BCUT2D eigenvalue weighted by molar-refractivity contribution is 5.88. The number of nitrogens with one attached hydrogen (secondary N) is 1. The maximum atomic E-state index is 11.4. The molecule has 0 saturated heterocycles. The third-order valence-electron chi connectivity index (χ3n) is 3.52. The lowest BCUT2D eigenvalue weighted by molar-refractivity contribution is 0.0600. The van der Waals surface area contributed by atoms with Crippen LogP contribution in [0.25, 0.3) is 0 Å². The minimum atomic E-state index is -0.364. The van der Waals surface area contributed by atoms with Crippen LogP contribution in [0.1, 0.15) is 41.0 Å². The Labute approximate surface area is 125 Å². The molecule has 5 nitrogen and oxygen atoms in total. The van der Waals surface area contributed by atoms with Gasteiger partial charge in [0.05, 0.1) is 24.9 Å². The SMILES string of the molecule is CCC(NC)c1ccn(Cc2ccc(C(=O)OC)cn2)c1. The van der Waals surface area contributed by atoms with E-state index in [9.17, 15) is 4.79 Å². The van der Waals surface area contributed by atoms with Gasteiger partial charge in [0.15, 0.2) is 0 Å². The summed E-state index contributed by atoms with van der Waals surface area (Å²) in [6.07, 6.45) is 6.77. The van der Waals surface area contributed by atoms with E-state index in [-0.39, 0.29) is 5.97 Å². The molecule has 0 fully saturated rings. The first-order valence-corrected chi connectivity index (χ1v) is 7.04. The van der Waals surface area contributed by atoms with Crippen molar-refractivity contribution in [3.63, 3.8) is 0 Å². The molecule has 2 aromatic rings. The van der Waals surface area contributed by atoms with Gasteiger partial charge in [-0.25, -0.2) is 4.79 Å². The molecule has 2 heterocycles. The molecular weight excluding hydrogens is 266 g/mol. The summed E-state index contributed by atoms with van der Waals surface area (Å²) in [6, 6.07) is 6.08. The van der Waals surface area contributed by atoms with Crippen LogP contribution < -0.4 is 5.32 Å². The lowest BCUT2D eigenvalue weighted by Gasteiger charge is -2.11. The molecule has 2 aromatic heterocycles. The van der Waals surface area contributed by atoms with Crippen molar-refractivity contribution in [3.8, 4) is 0 Å². The van der Waals surface area contributed by atoms with Gasteiger partial charge in [0.2, 0.25) is 0 Å². The monoisotopic (exact) mass is 287 g/mol. The Kier molecular flexibility index (Phi) is 5.11. The van der Waals surface area contributed by atoms with Crippen molar-refractivity contribution >= 4 is 5.97 Å². The average Bonchev–Trinajstić information content (AvgIpc) is 2.97. The van der Waals surface area contributed by atoms with Gasteiger partial charge in [-0.2, -0.15) is 0 Å². The normalized spacial score (nSPS) is 12.1. The van der Waals surface area contributed by atoms with Crippen molar-refractivity contribution in [3.05, 3.63) is 53.6 Å². The van der Waals surface area contributed by atoms with Gasteiger partial charge < -0.3 is 14.6 Å². The third-order valence-corrected chi connectivity index (χ3v) is 3.52. The molecule has 0 aliphatic rings. The molecule has 0 aromatic carbocycles. The Morgan fingerprint density at radius 2 is 2.24 bits per heavy atom. The third kappa shape index (κ3) is 3.70. The molecule has 0 saturated carbocycles. The largest absolute Gasteiger partial charge is 0.465 e. The first-order chi connectivity index (χ1) is 10.2. The number of rotatable bonds is 6. The second-order valence-electron chi connectivity index (χ2n) is 4.90. The van der Waals surface area contributed by atoms with Crippen molar-refractivity contribution in [1.82, 2.24) is 14.9 Å². The molecule has 0 amide bonds. The fourth-order valence-corrected chi connectivity index (χ4v) is 2.31. The number of ether oxygens (including phenoxy) is 1. The maximum Gasteiger partial charge on any atom is 0.339 e. The zero-order valence-corrected chi connectivity index (χ0v) is 12.7. The Balaban J connectivity index is 2.06. The Hall–Kier alpha value is -2.14. The molecule has 0 spiro atoms. The Morgan fingerprint density at radius 3 is 2.81 bits per heavy atom. The lowest BCUT2D eigenvalue weighted by atomic mass is 10.1. The second-order valence-corrected chi connectivity index (χ2v) is 4.90. The minimum absolute atomic E-state index is 0.364. The number of carbonyl (C=O) groups is 1. The van der Waals surface area contributed by atoms with E-state index in [4.69, 9.17) is 0 Å². The summed E-state index contributed by atoms with van der Waals surface area (Å²) >= 11 is 0. The highest BCUT2D eigenvalue weighted by atomic mass is 16.5. The van der Waals surface area contributed by atoms with E-state index >= 15 is 0 Å². The quantitative estimate of drug-likeness (QED) is 0.829. The van der Waals surface area contributed by atoms with Crippen molar-refractivity contribution in [2.24, 2.45) is 0 Å². The van der Waals surface area contributed by atoms with Gasteiger partial charge in [-0.15, -0.1) is 0 Å². The maximum absolute atomic E-state index is 11.4. The molecular formula is C16H21N3O2. The van der Waals surface area contributed by atoms with E-state index < -0.39 is 0 Å². The number of nitrogens with zero attached hydrogens (tertiary/aromatic N) is 2. The summed E-state index contributed by atoms with van der Waals surface area (Å²) in [5.74, 6) is -0.364. The topological polar surface area (TPSA) is 56.2 Å². The zero-order valence-electron chi connectivity index (χ0n) is 12.7. The van der Waals surface area contributed by atoms with E-state index in [1.54, 1.807) is 12.3 Å². The molecule has 21 heavy (non-hydrogen) atoms. The molecule has 1 atom stereocenters. The number of aromatic nitrogens is 2. The van der Waals surface area contributed by atoms with Crippen LogP contribution in [0, 0.1) is 0 Å². The van der Waals surface area contributed by atoms with Gasteiger partial charge in [-0.05, 0) is 37.2 Å². The van der Waals surface area contributed by atoms with Crippen LogP contribution >= 0.6 is 0 Å². The number of methoxy groups -OCH3 is 1. The highest BCUT2D eigenvalue weighted by Gasteiger charge is 2.09. The highest BCUT2D eigenvalue weighted by Crippen LogP contribution is 2.16. The van der Waals surface area contributed by atoms with Crippen LogP contribution in [0.15, 0.2) is 36.8 Å². The van der Waals surface area contributed by atoms with Crippen molar-refractivity contribution in [2.75, 3.05) is 14.2 Å². The van der Waals surface area contributed by atoms with Crippen molar-refractivity contribution in [2.45, 2.75) is 25.9 Å². The molecule has 5 heteroatoms. The first-order valence-electron chi connectivity index (χ1n) is 7.04. The standard InChI is InChI=1S/C16H21N3O2/c1-4-15(17-2)13-7-8-19(10-13)11-14-6-5-12(9-18-14)16(20)21-3/h5-10,15,17H,4,11H2,1-3H3. The minimum Gasteiger partial charge on any atom is -0.465 e. The van der Waals surface area contributed by atoms with Gasteiger partial charge >= 0.3 is 5.97 Å². The molecule has 2 rings (SSSR count). The van der Waals surface area contributed by atoms with Gasteiger partial charge in [-0.1, -0.05) is 6.92 Å². The number of esters is 1. The number of carbonyl (C=O) groups excluding carboxylic acids is 1. The molecule has 1 unspecified atom stereocenters. The predicted molar refractivity (Wildman–Crippen MR) is 81.2 cm³/mol. The van der Waals surface area contributed by atoms with E-state index in [2.05, 4.69) is 38.8 Å². The van der Waals surface area contributed by atoms with E-state index in [0.717, 1.165) is 12.1 Å². The van der Waals surface area contributed by atoms with Crippen LogP contribution in [-0.4, -0.2) is 29.7 Å². The first kappa shape index (κ1) is 15.3. The average molecular weight is 287 g/mol. The fourth-order valence-electron chi connectivity index (χ4n) is 2.31. The van der Waals surface area contributed by atoms with E-state index in [1.807, 2.05) is 19.3 Å². The Morgan fingerprint density at radius 1 is 1.43 bits per heavy atom. The molecule has 0 bridgehead atoms. The van der Waals surface area contributed by atoms with Crippen LogP contribution in [0.3, 0.4) is 0 Å². The smallest absolute Gasteiger partial charge is 0.339 e. The van der Waals surface area contributed by atoms with Crippen LogP contribution in [0.4, 0.5) is 0 Å². The number of hydrogen-bond acceptors (Lipinski definition) is 4. The van der Waals surface area contributed by atoms with Gasteiger partial charge in [0.25, 0.3) is 0 Å². The molecule has 112 valence electrons. The fraction of sp³-hybridized carbons (Fsp3) is 0.375. The second kappa shape index (κ2) is 7.04. The summed E-state index contributed by atoms with van der Waals surface area (Å²) < 4.78 is 6.75. The van der Waals surface area contributed by atoms with E-state index in [1.165, 1.54) is 12.7 Å². The summed E-state index contributed by atoms with van der Waals surface area (Å²) in [7, 11) is 3.34. The summed E-state index contributed by atoms with van der Waals surface area (Å²) in [6.45, 7) is 2.84. The predicted octanol–water partition coefficient (Wildman–Crippen LogP) is 2.39. The van der Waals surface area contributed by atoms with Gasteiger partial charge in [0.1, 0.15) is 0 Å². The van der Waals surface area contributed by atoms with Crippen molar-refractivity contribution in [1.29, 1.82) is 0 Å².